The van der Waals surface area contributed by atoms with E-state index in [1.807, 2.05) is 0 Å². The molecule has 0 atom stereocenters. The van der Waals surface area contributed by atoms with E-state index >= 15 is 0 Å². The number of aliphatic carboxylic acids is 1. The Morgan fingerprint density at radius 1 is 1.73 bits per heavy atom. The van der Waals surface area contributed by atoms with Gasteiger partial charge in [-0.25, -0.2) is 9.18 Å². The predicted molar refractivity (Wildman–Crippen MR) is 54.2 cm³/mol. The van der Waals surface area contributed by atoms with Crippen molar-refractivity contribution in [3.63, 3.8) is 0 Å². The molecule has 1 aliphatic heterocycles. The molecule has 1 heterocycles. The molecule has 0 aromatic heterocycles. The average molecular weight is 212 g/mol. The molecule has 0 bridgehead atoms. The van der Waals surface area contributed by atoms with E-state index in [9.17, 15) is 9.18 Å². The van der Waals surface area contributed by atoms with Crippen LogP contribution < -0.4 is 5.73 Å². The van der Waals surface area contributed by atoms with Gasteiger partial charge in [-0.2, -0.15) is 0 Å². The van der Waals surface area contributed by atoms with Crippen LogP contribution in [0.4, 0.5) is 4.39 Å². The Kier molecular flexibility index (Phi) is 3.49. The zero-order chi connectivity index (χ0) is 11.4. The Morgan fingerprint density at radius 2 is 2.40 bits per heavy atom. The number of allylic oxidation sites excluding steroid dienone is 3. The average Bonchev–Trinajstić information content (AvgIpc) is 2.17. The first-order chi connectivity index (χ1) is 7.06. The van der Waals surface area contributed by atoms with Gasteiger partial charge in [0.15, 0.2) is 0 Å². The third-order valence-corrected chi connectivity index (χ3v) is 2.03. The molecule has 0 aliphatic carbocycles. The van der Waals surface area contributed by atoms with Gasteiger partial charge in [0, 0.05) is 18.4 Å². The molecular weight excluding hydrogens is 199 g/mol. The van der Waals surface area contributed by atoms with Gasteiger partial charge in [-0.05, 0) is 12.5 Å². The third-order valence-electron chi connectivity index (χ3n) is 2.03. The lowest BCUT2D eigenvalue weighted by atomic mass is 10.2. The number of nitrogens with two attached hydrogens (primary N) is 1. The molecule has 0 radical (unpaired) electrons. The minimum absolute atomic E-state index is 0.0583. The standard InChI is InChI=1S/C10H13FN2O2/c1-2-8(12)9(10(14)15)13-5-3-4-7(11)6-13/h3-4,6H,2,5,12H2,1H3,(H,14,15)/b9-8-. The number of nitrogens with zero attached hydrogens (tertiary/aromatic N) is 1. The smallest absolute Gasteiger partial charge is 0.354 e. The number of hydrogen-bond donors (Lipinski definition) is 2. The maximum atomic E-state index is 12.9. The molecular formula is C10H13FN2O2. The van der Waals surface area contributed by atoms with Crippen LogP contribution in [0.1, 0.15) is 13.3 Å². The van der Waals surface area contributed by atoms with Crippen molar-refractivity contribution in [2.45, 2.75) is 13.3 Å². The summed E-state index contributed by atoms with van der Waals surface area (Å²) in [5.74, 6) is -1.63. The molecule has 3 N–H and O–H groups in total. The van der Waals surface area contributed by atoms with Gasteiger partial charge in [-0.1, -0.05) is 13.0 Å². The number of carboxylic acid groups (broad SMARTS) is 1. The monoisotopic (exact) mass is 212 g/mol. The van der Waals surface area contributed by atoms with Crippen LogP contribution in [0.5, 0.6) is 0 Å². The summed E-state index contributed by atoms with van der Waals surface area (Å²) >= 11 is 0. The lowest BCUT2D eigenvalue weighted by molar-refractivity contribution is -0.134. The van der Waals surface area contributed by atoms with Crippen LogP contribution >= 0.6 is 0 Å². The summed E-state index contributed by atoms with van der Waals surface area (Å²) in [7, 11) is 0. The SMILES string of the molecule is CC/C(N)=C(\C(=O)O)N1C=C(F)C=CC1. The van der Waals surface area contributed by atoms with Crippen LogP contribution in [0, 0.1) is 0 Å². The first-order valence-corrected chi connectivity index (χ1v) is 4.58. The van der Waals surface area contributed by atoms with Gasteiger partial charge in [0.05, 0.1) is 0 Å². The maximum Gasteiger partial charge on any atom is 0.354 e. The van der Waals surface area contributed by atoms with Gasteiger partial charge < -0.3 is 15.7 Å². The van der Waals surface area contributed by atoms with E-state index < -0.39 is 11.8 Å². The van der Waals surface area contributed by atoms with Crippen LogP contribution in [0.25, 0.3) is 0 Å². The minimum atomic E-state index is -1.14. The summed E-state index contributed by atoms with van der Waals surface area (Å²) in [6.45, 7) is 2.06. The van der Waals surface area contributed by atoms with Gasteiger partial charge in [-0.3, -0.25) is 0 Å². The second-order valence-electron chi connectivity index (χ2n) is 3.10. The molecule has 0 saturated heterocycles. The van der Waals surface area contributed by atoms with Crippen molar-refractivity contribution in [1.82, 2.24) is 4.90 Å². The molecule has 0 fully saturated rings. The minimum Gasteiger partial charge on any atom is -0.477 e. The second kappa shape index (κ2) is 4.63. The number of rotatable bonds is 3. The van der Waals surface area contributed by atoms with E-state index in [0.29, 0.717) is 13.0 Å². The zero-order valence-electron chi connectivity index (χ0n) is 8.40. The van der Waals surface area contributed by atoms with E-state index in [2.05, 4.69) is 0 Å². The fraction of sp³-hybridized carbons (Fsp3) is 0.300. The Bertz CT molecular complexity index is 358. The van der Waals surface area contributed by atoms with E-state index in [-0.39, 0.29) is 11.4 Å². The number of halogens is 1. The van der Waals surface area contributed by atoms with Crippen LogP contribution in [0.15, 0.2) is 35.6 Å². The van der Waals surface area contributed by atoms with Gasteiger partial charge in [0.2, 0.25) is 0 Å². The molecule has 1 rings (SSSR count). The molecule has 0 aromatic carbocycles. The summed E-state index contributed by atoms with van der Waals surface area (Å²) < 4.78 is 12.9. The largest absolute Gasteiger partial charge is 0.477 e. The molecule has 0 saturated carbocycles. The molecule has 0 amide bonds. The van der Waals surface area contributed by atoms with Crippen molar-refractivity contribution < 1.29 is 14.3 Å². The van der Waals surface area contributed by atoms with Crippen molar-refractivity contribution in [3.05, 3.63) is 35.6 Å². The van der Waals surface area contributed by atoms with Crippen molar-refractivity contribution in [3.8, 4) is 0 Å². The quantitative estimate of drug-likeness (QED) is 0.693. The Hall–Kier alpha value is -1.78. The van der Waals surface area contributed by atoms with Gasteiger partial charge >= 0.3 is 5.97 Å². The van der Waals surface area contributed by atoms with E-state index in [1.165, 1.54) is 11.0 Å². The summed E-state index contributed by atoms with van der Waals surface area (Å²) in [6, 6.07) is 0. The molecule has 0 unspecified atom stereocenters. The van der Waals surface area contributed by atoms with E-state index in [4.69, 9.17) is 10.8 Å². The van der Waals surface area contributed by atoms with Gasteiger partial charge in [-0.15, -0.1) is 0 Å². The molecule has 1 aliphatic rings. The predicted octanol–water partition coefficient (Wildman–Crippen LogP) is 1.33. The Labute approximate surface area is 87.2 Å². The highest BCUT2D eigenvalue weighted by Gasteiger charge is 2.19. The topological polar surface area (TPSA) is 66.6 Å². The first kappa shape index (κ1) is 11.3. The lowest BCUT2D eigenvalue weighted by Crippen LogP contribution is -2.28. The molecule has 0 aromatic rings. The normalized spacial score (nSPS) is 17.2. The summed E-state index contributed by atoms with van der Waals surface area (Å²) in [5.41, 5.74) is 5.76. The van der Waals surface area contributed by atoms with Crippen LogP contribution in [0.3, 0.4) is 0 Å². The molecule has 15 heavy (non-hydrogen) atoms. The number of carboxylic acids is 1. The second-order valence-corrected chi connectivity index (χ2v) is 3.10. The zero-order valence-corrected chi connectivity index (χ0v) is 8.40. The van der Waals surface area contributed by atoms with Crippen LogP contribution in [-0.2, 0) is 4.79 Å². The maximum absolute atomic E-state index is 12.9. The summed E-state index contributed by atoms with van der Waals surface area (Å²) in [4.78, 5) is 12.2. The molecule has 5 heteroatoms. The molecule has 82 valence electrons. The fourth-order valence-electron chi connectivity index (χ4n) is 1.29. The van der Waals surface area contributed by atoms with Crippen molar-refractivity contribution >= 4 is 5.97 Å². The van der Waals surface area contributed by atoms with Crippen LogP contribution in [0.2, 0.25) is 0 Å². The fourth-order valence-corrected chi connectivity index (χ4v) is 1.29. The van der Waals surface area contributed by atoms with Crippen molar-refractivity contribution in [2.24, 2.45) is 5.73 Å². The number of hydrogen-bond acceptors (Lipinski definition) is 3. The van der Waals surface area contributed by atoms with Crippen molar-refractivity contribution in [1.29, 1.82) is 0 Å². The highest BCUT2D eigenvalue weighted by Crippen LogP contribution is 2.16. The Balaban J connectivity index is 3.03. The molecule has 4 nitrogen and oxygen atoms in total. The van der Waals surface area contributed by atoms with Gasteiger partial charge in [0.25, 0.3) is 0 Å². The van der Waals surface area contributed by atoms with Crippen molar-refractivity contribution in [2.75, 3.05) is 6.54 Å². The highest BCUT2D eigenvalue weighted by atomic mass is 19.1. The first-order valence-electron chi connectivity index (χ1n) is 4.58. The Morgan fingerprint density at radius 3 is 2.87 bits per heavy atom. The van der Waals surface area contributed by atoms with Gasteiger partial charge in [0.1, 0.15) is 11.5 Å². The number of carbonyl (C=O) groups is 1. The lowest BCUT2D eigenvalue weighted by Gasteiger charge is -2.22. The molecule has 0 spiro atoms. The van der Waals surface area contributed by atoms with E-state index in [1.54, 1.807) is 13.0 Å². The third kappa shape index (κ3) is 2.59. The summed E-state index contributed by atoms with van der Waals surface area (Å²) in [5, 5.41) is 8.96. The highest BCUT2D eigenvalue weighted by molar-refractivity contribution is 5.87. The summed E-state index contributed by atoms with van der Waals surface area (Å²) in [6.07, 6.45) is 4.38. The van der Waals surface area contributed by atoms with Crippen LogP contribution in [-0.4, -0.2) is 22.5 Å². The van der Waals surface area contributed by atoms with E-state index in [0.717, 1.165) is 6.20 Å².